The van der Waals surface area contributed by atoms with E-state index in [1.54, 1.807) is 24.3 Å². The van der Waals surface area contributed by atoms with Crippen LogP contribution in [0.15, 0.2) is 64.8 Å². The van der Waals surface area contributed by atoms with Crippen molar-refractivity contribution in [2.24, 2.45) is 10.2 Å². The molecule has 0 aliphatic carbocycles. The van der Waals surface area contributed by atoms with E-state index in [1.807, 2.05) is 30.3 Å². The molecule has 0 radical (unpaired) electrons. The molecule has 2 rings (SSSR count). The lowest BCUT2D eigenvalue weighted by Crippen LogP contribution is -2.52. The van der Waals surface area contributed by atoms with E-state index in [0.29, 0.717) is 11.3 Å². The van der Waals surface area contributed by atoms with Crippen molar-refractivity contribution < 1.29 is 24.6 Å². The number of hydrogen-bond donors (Lipinski definition) is 4. The molecule has 4 N–H and O–H groups in total. The zero-order valence-electron chi connectivity index (χ0n) is 15.8. The summed E-state index contributed by atoms with van der Waals surface area (Å²) >= 11 is 0. The fourth-order valence-electron chi connectivity index (χ4n) is 2.29. The summed E-state index contributed by atoms with van der Waals surface area (Å²) in [5.74, 6) is -2.47. The number of amides is 2. The smallest absolute Gasteiger partial charge is 0.325 e. The van der Waals surface area contributed by atoms with Gasteiger partial charge in [0, 0.05) is 0 Å². The molecule has 152 valence electrons. The molecule has 29 heavy (non-hydrogen) atoms. The van der Waals surface area contributed by atoms with E-state index in [9.17, 15) is 19.5 Å². The summed E-state index contributed by atoms with van der Waals surface area (Å²) in [5.41, 5.74) is 2.02. The van der Waals surface area contributed by atoms with Crippen LogP contribution >= 0.6 is 0 Å². The third-order valence-electron chi connectivity index (χ3n) is 3.90. The molecule has 0 saturated heterocycles. The number of carbonyl (C=O) groups excluding carboxylic acids is 2. The average molecular weight is 398 g/mol. The third-order valence-corrected chi connectivity index (χ3v) is 3.90. The minimum absolute atomic E-state index is 0.0195. The van der Waals surface area contributed by atoms with E-state index in [2.05, 4.69) is 20.9 Å². The van der Waals surface area contributed by atoms with Gasteiger partial charge in [0.15, 0.2) is 0 Å². The van der Waals surface area contributed by atoms with Crippen molar-refractivity contribution in [3.63, 3.8) is 0 Å². The van der Waals surface area contributed by atoms with E-state index in [-0.39, 0.29) is 6.42 Å². The highest BCUT2D eigenvalue weighted by molar-refractivity contribution is 5.90. The molecule has 0 bridgehead atoms. The van der Waals surface area contributed by atoms with E-state index in [0.717, 1.165) is 5.69 Å². The highest BCUT2D eigenvalue weighted by Crippen LogP contribution is 2.18. The van der Waals surface area contributed by atoms with Crippen LogP contribution in [0.4, 0.5) is 11.4 Å². The first-order valence-corrected chi connectivity index (χ1v) is 8.88. The van der Waals surface area contributed by atoms with Crippen LogP contribution in [0.3, 0.4) is 0 Å². The Bertz CT molecular complexity index is 868. The summed E-state index contributed by atoms with van der Waals surface area (Å²) in [6.45, 7) is 0.635. The number of aliphatic hydroxyl groups is 1. The average Bonchev–Trinajstić information content (AvgIpc) is 2.72. The van der Waals surface area contributed by atoms with Gasteiger partial charge in [-0.25, -0.2) is 0 Å². The number of nitrogens with zero attached hydrogens (tertiary/aromatic N) is 2. The maximum atomic E-state index is 12.1. The quantitative estimate of drug-likeness (QED) is 0.476. The standard InChI is InChI=1S/C20H22N4O5/c1-13(20(28)29)21-19(27)17(12-25)22-18(26)11-14-7-9-16(10-8-14)24-23-15-5-3-2-4-6-15/h2-10,13,17,25H,11-12H2,1H3,(H,21,27)(H,22,26)(H,28,29)/t13-,17-/m0/s1. The first-order chi connectivity index (χ1) is 13.9. The lowest BCUT2D eigenvalue weighted by molar-refractivity contribution is -0.141. The summed E-state index contributed by atoms with van der Waals surface area (Å²) in [7, 11) is 0. The largest absolute Gasteiger partial charge is 0.480 e. The van der Waals surface area contributed by atoms with Crippen LogP contribution in [0.2, 0.25) is 0 Å². The molecule has 2 atom stereocenters. The zero-order valence-corrected chi connectivity index (χ0v) is 15.8. The molecule has 0 aromatic heterocycles. The van der Waals surface area contributed by atoms with E-state index < -0.39 is 36.5 Å². The summed E-state index contributed by atoms with van der Waals surface area (Å²) in [5, 5.41) is 30.9. The monoisotopic (exact) mass is 398 g/mol. The Labute approximate surface area is 167 Å². The highest BCUT2D eigenvalue weighted by Gasteiger charge is 2.23. The maximum Gasteiger partial charge on any atom is 0.325 e. The number of nitrogens with one attached hydrogen (secondary N) is 2. The highest BCUT2D eigenvalue weighted by atomic mass is 16.4. The number of aliphatic carboxylic acids is 1. The first kappa shape index (κ1) is 21.7. The molecule has 0 saturated carbocycles. The molecule has 0 aliphatic rings. The second-order valence-electron chi connectivity index (χ2n) is 6.25. The Morgan fingerprint density at radius 3 is 2.07 bits per heavy atom. The molecular weight excluding hydrogens is 376 g/mol. The zero-order chi connectivity index (χ0) is 21.2. The number of benzene rings is 2. The molecule has 0 spiro atoms. The van der Waals surface area contributed by atoms with Crippen LogP contribution in [0.5, 0.6) is 0 Å². The number of carboxylic acid groups (broad SMARTS) is 1. The third kappa shape index (κ3) is 7.15. The van der Waals surface area contributed by atoms with Gasteiger partial charge in [0.1, 0.15) is 12.1 Å². The van der Waals surface area contributed by atoms with Gasteiger partial charge >= 0.3 is 5.97 Å². The van der Waals surface area contributed by atoms with Gasteiger partial charge in [-0.2, -0.15) is 10.2 Å². The summed E-state index contributed by atoms with van der Waals surface area (Å²) in [6, 6.07) is 13.7. The van der Waals surface area contributed by atoms with Crippen molar-refractivity contribution in [2.45, 2.75) is 25.4 Å². The van der Waals surface area contributed by atoms with Crippen LogP contribution in [0, 0.1) is 0 Å². The van der Waals surface area contributed by atoms with E-state index in [1.165, 1.54) is 6.92 Å². The van der Waals surface area contributed by atoms with Gasteiger partial charge in [-0.05, 0) is 36.8 Å². The number of azo groups is 1. The van der Waals surface area contributed by atoms with Crippen LogP contribution in [-0.4, -0.2) is 46.7 Å². The topological polar surface area (TPSA) is 140 Å². The van der Waals surface area contributed by atoms with Crippen LogP contribution in [0.25, 0.3) is 0 Å². The molecular formula is C20H22N4O5. The lowest BCUT2D eigenvalue weighted by Gasteiger charge is -2.18. The number of rotatable bonds is 9. The maximum absolute atomic E-state index is 12.1. The molecule has 0 heterocycles. The Kier molecular flexibility index (Phi) is 7.99. The van der Waals surface area contributed by atoms with Crippen molar-refractivity contribution in [2.75, 3.05) is 6.61 Å². The number of aliphatic hydroxyl groups excluding tert-OH is 1. The molecule has 0 unspecified atom stereocenters. The first-order valence-electron chi connectivity index (χ1n) is 8.88. The van der Waals surface area contributed by atoms with Gasteiger partial charge in [0.25, 0.3) is 0 Å². The summed E-state index contributed by atoms with van der Waals surface area (Å²) in [4.78, 5) is 34.9. The van der Waals surface area contributed by atoms with Crippen LogP contribution < -0.4 is 10.6 Å². The van der Waals surface area contributed by atoms with Crippen molar-refractivity contribution >= 4 is 29.2 Å². The Balaban J connectivity index is 1.90. The SMILES string of the molecule is C[C@H](NC(=O)[C@H](CO)NC(=O)Cc1ccc(N=Nc2ccccc2)cc1)C(=O)O. The Hall–Kier alpha value is -3.59. The molecule has 9 nitrogen and oxygen atoms in total. The second kappa shape index (κ2) is 10.7. The number of carboxylic acids is 1. The van der Waals surface area contributed by atoms with E-state index in [4.69, 9.17) is 5.11 Å². The van der Waals surface area contributed by atoms with Crippen molar-refractivity contribution in [3.8, 4) is 0 Å². The minimum Gasteiger partial charge on any atom is -0.480 e. The van der Waals surface area contributed by atoms with Crippen molar-refractivity contribution in [1.82, 2.24) is 10.6 Å². The van der Waals surface area contributed by atoms with Crippen molar-refractivity contribution in [3.05, 3.63) is 60.2 Å². The second-order valence-corrected chi connectivity index (χ2v) is 6.25. The normalized spacial score (nSPS) is 12.9. The fourth-order valence-corrected chi connectivity index (χ4v) is 2.29. The molecule has 2 aromatic carbocycles. The Morgan fingerprint density at radius 1 is 0.931 bits per heavy atom. The molecule has 0 fully saturated rings. The van der Waals surface area contributed by atoms with E-state index >= 15 is 0 Å². The van der Waals surface area contributed by atoms with Gasteiger partial charge in [-0.15, -0.1) is 0 Å². The van der Waals surface area contributed by atoms with Gasteiger partial charge < -0.3 is 20.8 Å². The number of carbonyl (C=O) groups is 3. The molecule has 2 aromatic rings. The van der Waals surface area contributed by atoms with Crippen LogP contribution in [0.1, 0.15) is 12.5 Å². The predicted molar refractivity (Wildman–Crippen MR) is 105 cm³/mol. The molecule has 0 aliphatic heterocycles. The van der Waals surface area contributed by atoms with Gasteiger partial charge in [0.2, 0.25) is 11.8 Å². The van der Waals surface area contributed by atoms with Gasteiger partial charge in [-0.1, -0.05) is 30.3 Å². The minimum atomic E-state index is -1.23. The summed E-state index contributed by atoms with van der Waals surface area (Å²) < 4.78 is 0. The van der Waals surface area contributed by atoms with Crippen LogP contribution in [-0.2, 0) is 20.8 Å². The number of hydrogen-bond acceptors (Lipinski definition) is 6. The van der Waals surface area contributed by atoms with Gasteiger partial charge in [-0.3, -0.25) is 14.4 Å². The molecule has 9 heteroatoms. The summed E-state index contributed by atoms with van der Waals surface area (Å²) in [6.07, 6.45) is -0.0195. The predicted octanol–water partition coefficient (Wildman–Crippen LogP) is 1.71. The van der Waals surface area contributed by atoms with Gasteiger partial charge in [0.05, 0.1) is 24.4 Å². The Morgan fingerprint density at radius 2 is 1.52 bits per heavy atom. The molecule has 2 amide bonds. The van der Waals surface area contributed by atoms with Crippen molar-refractivity contribution in [1.29, 1.82) is 0 Å². The lowest BCUT2D eigenvalue weighted by atomic mass is 10.1. The fraction of sp³-hybridized carbons (Fsp3) is 0.250.